The van der Waals surface area contributed by atoms with Gasteiger partial charge in [-0.2, -0.15) is 10.2 Å². The molecule has 0 fully saturated rings. The van der Waals surface area contributed by atoms with E-state index in [0.717, 1.165) is 39.1 Å². The molecule has 32 heavy (non-hydrogen) atoms. The SMILES string of the molecule is Clc1cccnc1Cn1nccc1-c1cc(Cl)c2nnn(-c3ccc4cn[nH]c4c3)c2c1. The average molecular weight is 461 g/mol. The van der Waals surface area contributed by atoms with E-state index >= 15 is 0 Å². The number of fused-ring (bicyclic) bond motifs is 2. The quantitative estimate of drug-likeness (QED) is 0.403. The van der Waals surface area contributed by atoms with Crippen molar-refractivity contribution in [3.05, 3.63) is 82.9 Å². The van der Waals surface area contributed by atoms with E-state index in [1.165, 1.54) is 0 Å². The normalized spacial score (nSPS) is 11.6. The van der Waals surface area contributed by atoms with Crippen molar-refractivity contribution in [2.45, 2.75) is 6.54 Å². The minimum absolute atomic E-state index is 0.436. The Kier molecular flexibility index (Phi) is 4.41. The molecule has 6 aromatic rings. The maximum atomic E-state index is 6.60. The number of nitrogens with zero attached hydrogens (tertiary/aromatic N) is 7. The van der Waals surface area contributed by atoms with Crippen molar-refractivity contribution < 1.29 is 0 Å². The van der Waals surface area contributed by atoms with Crippen molar-refractivity contribution in [2.24, 2.45) is 0 Å². The van der Waals surface area contributed by atoms with Gasteiger partial charge in [0.2, 0.25) is 0 Å². The molecule has 0 aliphatic heterocycles. The van der Waals surface area contributed by atoms with Gasteiger partial charge < -0.3 is 0 Å². The van der Waals surface area contributed by atoms with Gasteiger partial charge in [0, 0.05) is 23.3 Å². The lowest BCUT2D eigenvalue weighted by Crippen LogP contribution is -2.06. The fourth-order valence-electron chi connectivity index (χ4n) is 3.76. The number of hydrogen-bond acceptors (Lipinski definition) is 5. The number of rotatable bonds is 4. The summed E-state index contributed by atoms with van der Waals surface area (Å²) < 4.78 is 3.61. The molecule has 4 aromatic heterocycles. The van der Waals surface area contributed by atoms with Crippen molar-refractivity contribution in [1.29, 1.82) is 0 Å². The highest BCUT2D eigenvalue weighted by Crippen LogP contribution is 2.31. The summed E-state index contributed by atoms with van der Waals surface area (Å²) in [6.45, 7) is 0.436. The van der Waals surface area contributed by atoms with E-state index in [1.54, 1.807) is 29.3 Å². The number of pyridine rings is 1. The molecule has 1 N–H and O–H groups in total. The number of hydrogen-bond donors (Lipinski definition) is 1. The molecule has 8 nitrogen and oxygen atoms in total. The Morgan fingerprint density at radius 3 is 2.81 bits per heavy atom. The molecule has 0 atom stereocenters. The first-order valence-electron chi connectivity index (χ1n) is 9.77. The van der Waals surface area contributed by atoms with E-state index < -0.39 is 0 Å². The Labute approximate surface area is 191 Å². The second-order valence-corrected chi connectivity index (χ2v) is 8.09. The molecule has 0 radical (unpaired) electrons. The molecule has 0 spiro atoms. The predicted molar refractivity (Wildman–Crippen MR) is 123 cm³/mol. The van der Waals surface area contributed by atoms with Gasteiger partial charge >= 0.3 is 0 Å². The van der Waals surface area contributed by atoms with Gasteiger partial charge in [-0.3, -0.25) is 14.8 Å². The van der Waals surface area contributed by atoms with Crippen molar-refractivity contribution in [1.82, 2.24) is 40.0 Å². The Hall–Kier alpha value is -3.75. The summed E-state index contributed by atoms with van der Waals surface area (Å²) in [7, 11) is 0. The minimum atomic E-state index is 0.436. The van der Waals surface area contributed by atoms with Gasteiger partial charge in [-0.25, -0.2) is 4.68 Å². The van der Waals surface area contributed by atoms with Crippen molar-refractivity contribution >= 4 is 45.1 Å². The molecule has 0 saturated heterocycles. The van der Waals surface area contributed by atoms with E-state index in [-0.39, 0.29) is 0 Å². The molecule has 0 aliphatic rings. The number of halogens is 2. The summed E-state index contributed by atoms with van der Waals surface area (Å²) in [4.78, 5) is 4.37. The van der Waals surface area contributed by atoms with Crippen LogP contribution in [0.1, 0.15) is 5.69 Å². The number of aromatic nitrogens is 8. The molecule has 0 unspecified atom stereocenters. The van der Waals surface area contributed by atoms with Crippen LogP contribution in [0, 0.1) is 0 Å². The fraction of sp³-hybridized carbons (Fsp3) is 0.0455. The van der Waals surface area contributed by atoms with Gasteiger partial charge in [0.15, 0.2) is 0 Å². The van der Waals surface area contributed by atoms with Crippen molar-refractivity contribution in [3.63, 3.8) is 0 Å². The van der Waals surface area contributed by atoms with Crippen LogP contribution < -0.4 is 0 Å². The van der Waals surface area contributed by atoms with Crippen LogP contribution in [0.4, 0.5) is 0 Å². The van der Waals surface area contributed by atoms with Crippen LogP contribution in [0.15, 0.2) is 67.1 Å². The average Bonchev–Trinajstić information content (AvgIpc) is 3.54. The van der Waals surface area contributed by atoms with E-state index in [9.17, 15) is 0 Å². The second kappa shape index (κ2) is 7.44. The zero-order valence-corrected chi connectivity index (χ0v) is 18.0. The van der Waals surface area contributed by atoms with Crippen LogP contribution in [0.2, 0.25) is 10.0 Å². The largest absolute Gasteiger partial charge is 0.278 e. The Morgan fingerprint density at radius 1 is 0.969 bits per heavy atom. The van der Waals surface area contributed by atoms with Crippen molar-refractivity contribution in [3.8, 4) is 16.9 Å². The molecular formula is C22H14Cl2N8. The van der Waals surface area contributed by atoms with Crippen LogP contribution in [-0.4, -0.2) is 40.0 Å². The van der Waals surface area contributed by atoms with E-state index in [0.29, 0.717) is 22.1 Å². The second-order valence-electron chi connectivity index (χ2n) is 7.27. The third kappa shape index (κ3) is 3.12. The molecule has 6 rings (SSSR count). The summed E-state index contributed by atoms with van der Waals surface area (Å²) in [6.07, 6.45) is 5.24. The van der Waals surface area contributed by atoms with Crippen LogP contribution in [0.3, 0.4) is 0 Å². The number of nitrogens with one attached hydrogen (secondary N) is 1. The summed E-state index contributed by atoms with van der Waals surface area (Å²) in [5.41, 5.74) is 5.69. The Bertz CT molecular complexity index is 1600. The lowest BCUT2D eigenvalue weighted by atomic mass is 10.1. The molecule has 10 heteroatoms. The lowest BCUT2D eigenvalue weighted by Gasteiger charge is -2.10. The maximum Gasteiger partial charge on any atom is 0.132 e. The number of benzene rings is 2. The van der Waals surface area contributed by atoms with Gasteiger partial charge in [0.05, 0.1) is 50.9 Å². The Morgan fingerprint density at radius 2 is 1.91 bits per heavy atom. The van der Waals surface area contributed by atoms with Gasteiger partial charge in [0.1, 0.15) is 5.52 Å². The third-order valence-corrected chi connectivity index (χ3v) is 5.95. The maximum absolute atomic E-state index is 6.60. The predicted octanol–water partition coefficient (Wildman–Crippen LogP) is 4.91. The number of aromatic amines is 1. The van der Waals surface area contributed by atoms with Crippen LogP contribution in [0.5, 0.6) is 0 Å². The van der Waals surface area contributed by atoms with E-state index in [2.05, 4.69) is 30.6 Å². The zero-order valence-electron chi connectivity index (χ0n) is 16.4. The van der Waals surface area contributed by atoms with E-state index in [1.807, 2.05) is 47.1 Å². The van der Waals surface area contributed by atoms with Crippen LogP contribution in [-0.2, 0) is 6.54 Å². The molecular weight excluding hydrogens is 447 g/mol. The van der Waals surface area contributed by atoms with Gasteiger partial charge in [-0.05, 0) is 48.5 Å². The van der Waals surface area contributed by atoms with Gasteiger partial charge in [0.25, 0.3) is 0 Å². The molecule has 0 bridgehead atoms. The zero-order chi connectivity index (χ0) is 21.7. The van der Waals surface area contributed by atoms with Gasteiger partial charge in [-0.15, -0.1) is 5.10 Å². The highest BCUT2D eigenvalue weighted by Gasteiger charge is 2.16. The smallest absolute Gasteiger partial charge is 0.132 e. The summed E-state index contributed by atoms with van der Waals surface area (Å²) >= 11 is 12.9. The van der Waals surface area contributed by atoms with Crippen molar-refractivity contribution in [2.75, 3.05) is 0 Å². The molecule has 4 heterocycles. The first kappa shape index (κ1) is 19.0. The highest BCUT2D eigenvalue weighted by atomic mass is 35.5. The Balaban J connectivity index is 1.47. The highest BCUT2D eigenvalue weighted by molar-refractivity contribution is 6.35. The molecule has 2 aromatic carbocycles. The minimum Gasteiger partial charge on any atom is -0.278 e. The summed E-state index contributed by atoms with van der Waals surface area (Å²) in [6, 6.07) is 15.4. The summed E-state index contributed by atoms with van der Waals surface area (Å²) in [5.74, 6) is 0. The topological polar surface area (TPSA) is 90.1 Å². The molecule has 156 valence electrons. The standard InChI is InChI=1S/C22H14Cl2N8/c23-16-2-1-6-25-19(16)12-31-20(5-7-27-31)14-8-17(24)22-21(9-14)32(30-29-22)15-4-3-13-11-26-28-18(13)10-15/h1-11H,12H2,(H,26,28). The monoisotopic (exact) mass is 460 g/mol. The van der Waals surface area contributed by atoms with Crippen LogP contribution >= 0.6 is 23.2 Å². The summed E-state index contributed by atoms with van der Waals surface area (Å²) in [5, 5.41) is 22.3. The molecule has 0 amide bonds. The van der Waals surface area contributed by atoms with Crippen LogP contribution in [0.25, 0.3) is 38.9 Å². The van der Waals surface area contributed by atoms with E-state index in [4.69, 9.17) is 23.2 Å². The first-order chi connectivity index (χ1) is 15.7. The fourth-order valence-corrected chi connectivity index (χ4v) is 4.19. The number of H-pyrrole nitrogens is 1. The first-order valence-corrected chi connectivity index (χ1v) is 10.5. The molecule has 0 aliphatic carbocycles. The third-order valence-electron chi connectivity index (χ3n) is 5.32. The van der Waals surface area contributed by atoms with Gasteiger partial charge in [-0.1, -0.05) is 28.4 Å². The lowest BCUT2D eigenvalue weighted by molar-refractivity contribution is 0.680. The molecule has 0 saturated carbocycles.